The van der Waals surface area contributed by atoms with Gasteiger partial charge in [-0.1, -0.05) is 24.3 Å². The molecule has 22 heavy (non-hydrogen) atoms. The second kappa shape index (κ2) is 6.91. The van der Waals surface area contributed by atoms with Gasteiger partial charge in [0.15, 0.2) is 0 Å². The van der Waals surface area contributed by atoms with Crippen LogP contribution in [-0.2, 0) is 13.1 Å². The van der Waals surface area contributed by atoms with E-state index in [2.05, 4.69) is 46.7 Å². The van der Waals surface area contributed by atoms with Crippen LogP contribution in [0, 0.1) is 0 Å². The molecule has 0 fully saturated rings. The monoisotopic (exact) mass is 293 g/mol. The summed E-state index contributed by atoms with van der Waals surface area (Å²) in [5.74, 6) is 0.890. The highest BCUT2D eigenvalue weighted by Crippen LogP contribution is 2.13. The SMILES string of the molecule is COc1cccc(CNCc2cccc(-n3ccnc3)c2)c1. The molecule has 0 spiro atoms. The molecule has 112 valence electrons. The molecule has 0 saturated carbocycles. The van der Waals surface area contributed by atoms with Crippen LogP contribution in [0.4, 0.5) is 0 Å². The second-order valence-corrected chi connectivity index (χ2v) is 5.09. The van der Waals surface area contributed by atoms with Gasteiger partial charge in [0.2, 0.25) is 0 Å². The van der Waals surface area contributed by atoms with Gasteiger partial charge < -0.3 is 14.6 Å². The highest BCUT2D eigenvalue weighted by Gasteiger charge is 1.99. The summed E-state index contributed by atoms with van der Waals surface area (Å²) in [6.45, 7) is 1.63. The Morgan fingerprint density at radius 3 is 2.55 bits per heavy atom. The zero-order chi connectivity index (χ0) is 15.2. The van der Waals surface area contributed by atoms with Gasteiger partial charge in [-0.25, -0.2) is 4.98 Å². The van der Waals surface area contributed by atoms with Gasteiger partial charge >= 0.3 is 0 Å². The Balaban J connectivity index is 1.61. The number of benzene rings is 2. The van der Waals surface area contributed by atoms with Crippen LogP contribution in [-0.4, -0.2) is 16.7 Å². The fraction of sp³-hybridized carbons (Fsp3) is 0.167. The number of rotatable bonds is 6. The van der Waals surface area contributed by atoms with Gasteiger partial charge in [-0.3, -0.25) is 0 Å². The highest BCUT2D eigenvalue weighted by atomic mass is 16.5. The lowest BCUT2D eigenvalue weighted by atomic mass is 10.2. The summed E-state index contributed by atoms with van der Waals surface area (Å²) in [7, 11) is 1.69. The number of ether oxygens (including phenoxy) is 1. The van der Waals surface area contributed by atoms with E-state index in [0.717, 1.165) is 24.5 Å². The van der Waals surface area contributed by atoms with Crippen LogP contribution in [0.5, 0.6) is 5.75 Å². The molecule has 0 saturated heterocycles. The van der Waals surface area contributed by atoms with Crippen molar-refractivity contribution >= 4 is 0 Å². The van der Waals surface area contributed by atoms with E-state index in [9.17, 15) is 0 Å². The minimum Gasteiger partial charge on any atom is -0.497 e. The van der Waals surface area contributed by atoms with Crippen molar-refractivity contribution in [1.82, 2.24) is 14.9 Å². The lowest BCUT2D eigenvalue weighted by molar-refractivity contribution is 0.414. The molecule has 3 rings (SSSR count). The number of hydrogen-bond acceptors (Lipinski definition) is 3. The number of nitrogens with zero attached hydrogens (tertiary/aromatic N) is 2. The molecular formula is C18H19N3O. The molecule has 0 atom stereocenters. The van der Waals surface area contributed by atoms with Crippen molar-refractivity contribution in [2.24, 2.45) is 0 Å². The summed E-state index contributed by atoms with van der Waals surface area (Å²) in [6, 6.07) is 16.5. The first-order valence-electron chi connectivity index (χ1n) is 7.26. The van der Waals surface area contributed by atoms with Crippen LogP contribution >= 0.6 is 0 Å². The van der Waals surface area contributed by atoms with Crippen molar-refractivity contribution in [2.45, 2.75) is 13.1 Å². The average molecular weight is 293 g/mol. The lowest BCUT2D eigenvalue weighted by Gasteiger charge is -2.08. The first-order chi connectivity index (χ1) is 10.8. The van der Waals surface area contributed by atoms with E-state index in [4.69, 9.17) is 4.74 Å². The van der Waals surface area contributed by atoms with Crippen LogP contribution < -0.4 is 10.1 Å². The maximum absolute atomic E-state index is 5.24. The quantitative estimate of drug-likeness (QED) is 0.758. The number of hydrogen-bond donors (Lipinski definition) is 1. The van der Waals surface area contributed by atoms with Crippen LogP contribution in [0.25, 0.3) is 5.69 Å². The Morgan fingerprint density at radius 1 is 1.05 bits per heavy atom. The predicted molar refractivity (Wildman–Crippen MR) is 87.1 cm³/mol. The molecule has 0 aliphatic heterocycles. The zero-order valence-electron chi connectivity index (χ0n) is 12.6. The predicted octanol–water partition coefficient (Wildman–Crippen LogP) is 3.17. The number of methoxy groups -OCH3 is 1. The van der Waals surface area contributed by atoms with Gasteiger partial charge in [0.25, 0.3) is 0 Å². The van der Waals surface area contributed by atoms with Crippen LogP contribution in [0.2, 0.25) is 0 Å². The van der Waals surface area contributed by atoms with Gasteiger partial charge in [-0.2, -0.15) is 0 Å². The molecule has 0 amide bonds. The maximum atomic E-state index is 5.24. The molecule has 1 aromatic heterocycles. The van der Waals surface area contributed by atoms with E-state index in [1.54, 1.807) is 13.3 Å². The van der Waals surface area contributed by atoms with Crippen LogP contribution in [0.1, 0.15) is 11.1 Å². The summed E-state index contributed by atoms with van der Waals surface area (Å²) in [4.78, 5) is 4.08. The number of nitrogens with one attached hydrogen (secondary N) is 1. The van der Waals surface area contributed by atoms with Gasteiger partial charge in [0.1, 0.15) is 5.75 Å². The van der Waals surface area contributed by atoms with Crippen LogP contribution in [0.3, 0.4) is 0 Å². The van der Waals surface area contributed by atoms with Gasteiger partial charge in [-0.05, 0) is 35.4 Å². The topological polar surface area (TPSA) is 39.1 Å². The molecule has 3 aromatic rings. The summed E-state index contributed by atoms with van der Waals surface area (Å²) >= 11 is 0. The largest absolute Gasteiger partial charge is 0.497 e. The van der Waals surface area contributed by atoms with Crippen molar-refractivity contribution in [1.29, 1.82) is 0 Å². The number of aromatic nitrogens is 2. The summed E-state index contributed by atoms with van der Waals surface area (Å²) in [5.41, 5.74) is 3.58. The van der Waals surface area contributed by atoms with E-state index < -0.39 is 0 Å². The highest BCUT2D eigenvalue weighted by molar-refractivity contribution is 5.36. The van der Waals surface area contributed by atoms with Gasteiger partial charge in [0.05, 0.1) is 13.4 Å². The van der Waals surface area contributed by atoms with E-state index in [-0.39, 0.29) is 0 Å². The number of imidazole rings is 1. The normalized spacial score (nSPS) is 10.6. The smallest absolute Gasteiger partial charge is 0.119 e. The van der Waals surface area contributed by atoms with E-state index in [1.165, 1.54) is 11.1 Å². The molecule has 1 N–H and O–H groups in total. The molecule has 4 heteroatoms. The zero-order valence-corrected chi connectivity index (χ0v) is 12.6. The third kappa shape index (κ3) is 3.54. The first kappa shape index (κ1) is 14.4. The fourth-order valence-electron chi connectivity index (χ4n) is 2.37. The van der Waals surface area contributed by atoms with Gasteiger partial charge in [-0.15, -0.1) is 0 Å². The van der Waals surface area contributed by atoms with Crippen molar-refractivity contribution in [3.8, 4) is 11.4 Å². The summed E-state index contributed by atoms with van der Waals surface area (Å²) in [6.07, 6.45) is 5.54. The molecule has 0 bridgehead atoms. The third-order valence-electron chi connectivity index (χ3n) is 3.51. The Kier molecular flexibility index (Phi) is 4.51. The molecular weight excluding hydrogens is 274 g/mol. The molecule has 0 radical (unpaired) electrons. The molecule has 0 aliphatic rings. The van der Waals surface area contributed by atoms with E-state index in [1.807, 2.05) is 29.2 Å². The first-order valence-corrected chi connectivity index (χ1v) is 7.26. The molecule has 0 aliphatic carbocycles. The molecule has 2 aromatic carbocycles. The fourth-order valence-corrected chi connectivity index (χ4v) is 2.37. The van der Waals surface area contributed by atoms with Crippen molar-refractivity contribution in [3.63, 3.8) is 0 Å². The molecule has 1 heterocycles. The average Bonchev–Trinajstić information content (AvgIpc) is 3.10. The maximum Gasteiger partial charge on any atom is 0.119 e. The Morgan fingerprint density at radius 2 is 1.82 bits per heavy atom. The summed E-state index contributed by atoms with van der Waals surface area (Å²) < 4.78 is 7.25. The minimum atomic E-state index is 0.812. The van der Waals surface area contributed by atoms with Gasteiger partial charge in [0, 0.05) is 31.2 Å². The van der Waals surface area contributed by atoms with Crippen molar-refractivity contribution < 1.29 is 4.74 Å². The standard InChI is InChI=1S/C18H19N3O/c1-22-18-7-3-5-16(11-18)13-20-12-15-4-2-6-17(10-15)21-9-8-19-14-21/h2-11,14,20H,12-13H2,1H3. The van der Waals surface area contributed by atoms with E-state index >= 15 is 0 Å². The minimum absolute atomic E-state index is 0.812. The van der Waals surface area contributed by atoms with Crippen LogP contribution in [0.15, 0.2) is 67.3 Å². The third-order valence-corrected chi connectivity index (χ3v) is 3.51. The van der Waals surface area contributed by atoms with Crippen molar-refractivity contribution in [2.75, 3.05) is 7.11 Å². The summed E-state index contributed by atoms with van der Waals surface area (Å²) in [5, 5.41) is 3.46. The molecule has 0 unspecified atom stereocenters. The van der Waals surface area contributed by atoms with Crippen molar-refractivity contribution in [3.05, 3.63) is 78.4 Å². The Labute approximate surface area is 130 Å². The molecule has 4 nitrogen and oxygen atoms in total. The van der Waals surface area contributed by atoms with E-state index in [0.29, 0.717) is 0 Å². The lowest BCUT2D eigenvalue weighted by Crippen LogP contribution is -2.12. The second-order valence-electron chi connectivity index (χ2n) is 5.09. The Hall–Kier alpha value is -2.59. The Bertz CT molecular complexity index is 723.